The van der Waals surface area contributed by atoms with Crippen molar-refractivity contribution in [1.29, 1.82) is 0 Å². The second-order valence-electron chi connectivity index (χ2n) is 8.00. The van der Waals surface area contributed by atoms with Gasteiger partial charge in [-0.2, -0.15) is 0 Å². The van der Waals surface area contributed by atoms with Crippen LogP contribution in [0, 0.1) is 0 Å². The smallest absolute Gasteiger partial charge is 0.333 e. The molecule has 7 N–H and O–H groups in total. The van der Waals surface area contributed by atoms with Crippen LogP contribution in [0.15, 0.2) is 16.4 Å². The van der Waals surface area contributed by atoms with E-state index in [1.165, 1.54) is 6.92 Å². The number of hydrogen-bond acceptors (Lipinski definition) is 8. The maximum Gasteiger partial charge on any atom is 0.333 e. The molecule has 0 saturated carbocycles. The fourth-order valence-electron chi connectivity index (χ4n) is 3.54. The lowest BCUT2D eigenvalue weighted by molar-refractivity contribution is -0.173. The number of hydrogen-bond donors (Lipinski definition) is 5. The first kappa shape index (κ1) is 29.3. The van der Waals surface area contributed by atoms with Crippen molar-refractivity contribution in [1.82, 2.24) is 5.32 Å². The van der Waals surface area contributed by atoms with Crippen LogP contribution >= 0.6 is 0 Å². The molecule has 4 atom stereocenters. The normalized spacial score (nSPS) is 19.8. The van der Waals surface area contributed by atoms with Crippen LogP contribution in [0.3, 0.4) is 0 Å². The van der Waals surface area contributed by atoms with Gasteiger partial charge in [0.2, 0.25) is 5.91 Å². The number of esters is 1. The number of unbranched alkanes of at least 4 members (excludes halogenated alkanes) is 4. The minimum Gasteiger partial charge on any atom is -0.479 e. The van der Waals surface area contributed by atoms with Crippen LogP contribution in [0.5, 0.6) is 0 Å². The molecule has 0 saturated heterocycles. The van der Waals surface area contributed by atoms with Gasteiger partial charge in [0.15, 0.2) is 12.1 Å². The number of nitrogens with two attached hydrogens (primary N) is 2. The molecule has 0 aromatic rings. The lowest BCUT2D eigenvalue weighted by atomic mass is 9.97. The summed E-state index contributed by atoms with van der Waals surface area (Å²) in [6.45, 7) is 4.73. The number of carbonyl (C=O) groups is 3. The number of aliphatic carboxylic acids is 1. The van der Waals surface area contributed by atoms with Crippen molar-refractivity contribution in [3.63, 3.8) is 0 Å². The van der Waals surface area contributed by atoms with E-state index in [9.17, 15) is 24.6 Å². The number of nitrogens with zero attached hydrogens (tertiary/aromatic N) is 1. The quantitative estimate of drug-likeness (QED) is 0.0941. The maximum atomic E-state index is 12.1. The summed E-state index contributed by atoms with van der Waals surface area (Å²) in [5.41, 5.74) is 11.1. The zero-order chi connectivity index (χ0) is 25.7. The molecule has 0 radical (unpaired) electrons. The predicted molar refractivity (Wildman–Crippen MR) is 123 cm³/mol. The molecule has 0 aromatic carbocycles. The average molecular weight is 487 g/mol. The van der Waals surface area contributed by atoms with E-state index >= 15 is 0 Å². The Hall–Kier alpha value is -2.70. The van der Waals surface area contributed by atoms with E-state index in [-0.39, 0.29) is 36.8 Å². The molecule has 0 fully saturated rings. The molecule has 12 nitrogen and oxygen atoms in total. The number of aliphatic hydroxyl groups is 1. The minimum absolute atomic E-state index is 0.0677. The largest absolute Gasteiger partial charge is 0.479 e. The van der Waals surface area contributed by atoms with Crippen molar-refractivity contribution < 1.29 is 38.8 Å². The highest BCUT2D eigenvalue weighted by atomic mass is 16.6. The number of ether oxygens (including phenoxy) is 3. The Morgan fingerprint density at radius 3 is 2.44 bits per heavy atom. The van der Waals surface area contributed by atoms with Crippen molar-refractivity contribution in [3.05, 3.63) is 11.4 Å². The number of nitrogens with one attached hydrogen (secondary N) is 1. The van der Waals surface area contributed by atoms with E-state index < -0.39 is 48.9 Å². The molecular weight excluding hydrogens is 448 g/mol. The monoisotopic (exact) mass is 486 g/mol. The summed E-state index contributed by atoms with van der Waals surface area (Å²) in [7, 11) is 0. The van der Waals surface area contributed by atoms with E-state index in [4.69, 9.17) is 25.7 Å². The summed E-state index contributed by atoms with van der Waals surface area (Å²) in [6.07, 6.45) is -0.328. The standard InChI is InChI=1S/C22H38N4O8/c1-4-6-7-8-9-10-17(29)33-12-15(28)19(32-5-2)20-18(25-13(3)27)14(26-22(23)24)11-16(34-20)21(30)31/h15-16,19-20,28H,4-12H2,1-3H3,(H,25,27)(H,30,31)(H4,23,24,26)/t15-,16?,19?,20?/m0/s1. The van der Waals surface area contributed by atoms with Gasteiger partial charge in [0.25, 0.3) is 0 Å². The summed E-state index contributed by atoms with van der Waals surface area (Å²) in [6, 6.07) is 0. The third kappa shape index (κ3) is 10.1. The molecule has 1 aliphatic heterocycles. The van der Waals surface area contributed by atoms with Crippen molar-refractivity contribution in [2.45, 2.75) is 90.1 Å². The second kappa shape index (κ2) is 15.3. The lowest BCUT2D eigenvalue weighted by Crippen LogP contribution is -2.52. The Kier molecular flexibility index (Phi) is 13.2. The number of carboxylic acids is 1. The fraction of sp³-hybridized carbons (Fsp3) is 0.727. The second-order valence-corrected chi connectivity index (χ2v) is 8.00. The Labute approximate surface area is 199 Å². The number of carbonyl (C=O) groups excluding carboxylic acids is 2. The molecule has 0 spiro atoms. The lowest BCUT2D eigenvalue weighted by Gasteiger charge is -2.37. The van der Waals surface area contributed by atoms with Gasteiger partial charge in [-0.3, -0.25) is 9.59 Å². The minimum atomic E-state index is -1.38. The highest BCUT2D eigenvalue weighted by Crippen LogP contribution is 2.30. The van der Waals surface area contributed by atoms with Gasteiger partial charge in [-0.25, -0.2) is 9.79 Å². The van der Waals surface area contributed by atoms with E-state index in [0.29, 0.717) is 6.42 Å². The predicted octanol–water partition coefficient (Wildman–Crippen LogP) is 0.519. The fourth-order valence-corrected chi connectivity index (χ4v) is 3.54. The molecular formula is C22H38N4O8. The topological polar surface area (TPSA) is 196 Å². The van der Waals surface area contributed by atoms with Crippen LogP contribution in [0.1, 0.15) is 65.7 Å². The molecule has 3 unspecified atom stereocenters. The number of aliphatic imine (C=N–C) groups is 1. The molecule has 0 aromatic heterocycles. The Morgan fingerprint density at radius 1 is 1.21 bits per heavy atom. The first-order valence-corrected chi connectivity index (χ1v) is 11.5. The number of carboxylic acid groups (broad SMARTS) is 1. The number of rotatable bonds is 15. The molecule has 194 valence electrons. The van der Waals surface area contributed by atoms with E-state index in [1.807, 2.05) is 0 Å². The first-order valence-electron chi connectivity index (χ1n) is 11.5. The highest BCUT2D eigenvalue weighted by Gasteiger charge is 2.42. The zero-order valence-corrected chi connectivity index (χ0v) is 20.1. The molecule has 1 amide bonds. The first-order chi connectivity index (χ1) is 16.1. The molecule has 34 heavy (non-hydrogen) atoms. The molecule has 1 aliphatic rings. The molecule has 1 heterocycles. The van der Waals surface area contributed by atoms with E-state index in [0.717, 1.165) is 25.7 Å². The van der Waals surface area contributed by atoms with Gasteiger partial charge < -0.3 is 41.2 Å². The van der Waals surface area contributed by atoms with Crippen LogP contribution in [0.25, 0.3) is 0 Å². The van der Waals surface area contributed by atoms with Crippen LogP contribution in [-0.4, -0.2) is 71.6 Å². The van der Waals surface area contributed by atoms with Gasteiger partial charge in [0, 0.05) is 26.4 Å². The summed E-state index contributed by atoms with van der Waals surface area (Å²) in [4.78, 5) is 39.5. The van der Waals surface area contributed by atoms with Crippen LogP contribution in [-0.2, 0) is 28.6 Å². The summed E-state index contributed by atoms with van der Waals surface area (Å²) in [5.74, 6) is -2.57. The maximum absolute atomic E-state index is 12.1. The number of aliphatic hydroxyl groups excluding tert-OH is 1. The molecule has 0 bridgehead atoms. The van der Waals surface area contributed by atoms with E-state index in [1.54, 1.807) is 6.92 Å². The summed E-state index contributed by atoms with van der Waals surface area (Å²) >= 11 is 0. The summed E-state index contributed by atoms with van der Waals surface area (Å²) < 4.78 is 16.5. The SMILES string of the molecule is CCCCCCCC(=O)OC[C@H](O)C(OCC)C1OC(C(=O)O)CC(N=C(N)N)=C1NC(C)=O. The summed E-state index contributed by atoms with van der Waals surface area (Å²) in [5, 5.41) is 22.9. The third-order valence-electron chi connectivity index (χ3n) is 5.07. The van der Waals surface area contributed by atoms with Crippen molar-refractivity contribution in [2.24, 2.45) is 16.5 Å². The van der Waals surface area contributed by atoms with E-state index in [2.05, 4.69) is 17.2 Å². The van der Waals surface area contributed by atoms with Gasteiger partial charge in [-0.15, -0.1) is 0 Å². The average Bonchev–Trinajstić information content (AvgIpc) is 2.76. The molecule has 12 heteroatoms. The zero-order valence-electron chi connectivity index (χ0n) is 20.1. The van der Waals surface area contributed by atoms with Gasteiger partial charge in [-0.05, 0) is 13.3 Å². The van der Waals surface area contributed by atoms with Crippen molar-refractivity contribution in [3.8, 4) is 0 Å². The Balaban J connectivity index is 3.06. The number of guanidine groups is 1. The number of amides is 1. The van der Waals surface area contributed by atoms with Crippen LogP contribution in [0.2, 0.25) is 0 Å². The van der Waals surface area contributed by atoms with Crippen molar-refractivity contribution >= 4 is 23.8 Å². The highest BCUT2D eigenvalue weighted by molar-refractivity contribution is 5.79. The van der Waals surface area contributed by atoms with Crippen LogP contribution in [0.4, 0.5) is 0 Å². The molecule has 0 aliphatic carbocycles. The van der Waals surface area contributed by atoms with Gasteiger partial charge in [-0.1, -0.05) is 32.6 Å². The molecule has 1 rings (SSSR count). The van der Waals surface area contributed by atoms with Gasteiger partial charge in [0.05, 0.1) is 11.4 Å². The van der Waals surface area contributed by atoms with Crippen molar-refractivity contribution in [2.75, 3.05) is 13.2 Å². The van der Waals surface area contributed by atoms with Gasteiger partial charge in [0.1, 0.15) is 24.9 Å². The van der Waals surface area contributed by atoms with Gasteiger partial charge >= 0.3 is 11.9 Å². The van der Waals surface area contributed by atoms with Crippen LogP contribution < -0.4 is 16.8 Å². The third-order valence-corrected chi connectivity index (χ3v) is 5.07. The Morgan fingerprint density at radius 2 is 1.88 bits per heavy atom. The Bertz CT molecular complexity index is 751.